The Morgan fingerprint density at radius 1 is 1.18 bits per heavy atom. The Bertz CT molecular complexity index is 536. The van der Waals surface area contributed by atoms with Gasteiger partial charge in [0, 0.05) is 12.1 Å². The highest BCUT2D eigenvalue weighted by Gasteiger charge is 2.15. The number of benzene rings is 1. The van der Waals surface area contributed by atoms with E-state index in [1.54, 1.807) is 12.1 Å². The number of nitrogens with zero attached hydrogens (tertiary/aromatic N) is 1. The van der Waals surface area contributed by atoms with Gasteiger partial charge in [-0.3, -0.25) is 0 Å². The summed E-state index contributed by atoms with van der Waals surface area (Å²) < 4.78 is 15.2. The number of aromatic hydroxyl groups is 1. The summed E-state index contributed by atoms with van der Waals surface area (Å²) in [6.45, 7) is 0. The molecule has 0 fully saturated rings. The van der Waals surface area contributed by atoms with Crippen LogP contribution in [0, 0.1) is 0 Å². The van der Waals surface area contributed by atoms with Crippen molar-refractivity contribution in [3.05, 3.63) is 18.2 Å². The first-order chi connectivity index (χ1) is 8.15. The molecule has 0 saturated heterocycles. The number of ether oxygens (including phenoxy) is 2. The lowest BCUT2D eigenvalue weighted by atomic mass is 10.1. The van der Waals surface area contributed by atoms with Crippen molar-refractivity contribution < 1.29 is 19.1 Å². The third-order valence-corrected chi connectivity index (χ3v) is 2.29. The van der Waals surface area contributed by atoms with E-state index in [0.29, 0.717) is 22.8 Å². The molecule has 6 heteroatoms. The fraction of sp³-hybridized carbons (Fsp3) is 0.182. The van der Waals surface area contributed by atoms with Gasteiger partial charge >= 0.3 is 0 Å². The van der Waals surface area contributed by atoms with Crippen LogP contribution in [-0.2, 0) is 0 Å². The van der Waals surface area contributed by atoms with E-state index in [0.717, 1.165) is 0 Å². The third kappa shape index (κ3) is 1.96. The minimum atomic E-state index is -0.0155. The number of hydrogen-bond donors (Lipinski definition) is 2. The van der Waals surface area contributed by atoms with E-state index in [2.05, 4.69) is 5.16 Å². The van der Waals surface area contributed by atoms with Gasteiger partial charge in [-0.05, 0) is 6.07 Å². The average Bonchev–Trinajstić information content (AvgIpc) is 2.75. The number of phenols is 1. The molecule has 0 aliphatic heterocycles. The number of phenolic OH excluding ortho intramolecular Hbond substituents is 1. The standard InChI is InChI=1S/C11H12N2O4/c1-15-8-4-10(16-2)7(14)3-6(8)9-5-11(12)13-17-9/h3-5,14H,1-2H3,(H2,12,13). The van der Waals surface area contributed by atoms with Crippen molar-refractivity contribution in [2.24, 2.45) is 0 Å². The minimum absolute atomic E-state index is 0.0155. The highest BCUT2D eigenvalue weighted by molar-refractivity contribution is 5.71. The summed E-state index contributed by atoms with van der Waals surface area (Å²) in [6, 6.07) is 4.57. The van der Waals surface area contributed by atoms with E-state index in [-0.39, 0.29) is 11.6 Å². The number of hydrogen-bond acceptors (Lipinski definition) is 6. The maximum atomic E-state index is 9.71. The lowest BCUT2D eigenvalue weighted by Gasteiger charge is -2.09. The molecule has 6 nitrogen and oxygen atoms in total. The molecule has 90 valence electrons. The SMILES string of the molecule is COc1cc(OC)c(-c2cc(N)no2)cc1O. The van der Waals surface area contributed by atoms with E-state index in [9.17, 15) is 5.11 Å². The van der Waals surface area contributed by atoms with E-state index in [1.165, 1.54) is 20.3 Å². The fourth-order valence-electron chi connectivity index (χ4n) is 1.49. The van der Waals surface area contributed by atoms with Crippen LogP contribution in [0.15, 0.2) is 22.7 Å². The highest BCUT2D eigenvalue weighted by Crippen LogP contribution is 2.39. The predicted octanol–water partition coefficient (Wildman–Crippen LogP) is 1.65. The van der Waals surface area contributed by atoms with E-state index in [1.807, 2.05) is 0 Å². The second kappa shape index (κ2) is 4.25. The van der Waals surface area contributed by atoms with E-state index >= 15 is 0 Å². The van der Waals surface area contributed by atoms with Crippen molar-refractivity contribution in [1.82, 2.24) is 5.16 Å². The molecule has 0 atom stereocenters. The lowest BCUT2D eigenvalue weighted by Crippen LogP contribution is -1.90. The average molecular weight is 236 g/mol. The molecular weight excluding hydrogens is 224 g/mol. The summed E-state index contributed by atoms with van der Waals surface area (Å²) in [5, 5.41) is 13.3. The maximum absolute atomic E-state index is 9.71. The Hall–Kier alpha value is -2.37. The molecule has 0 spiro atoms. The zero-order chi connectivity index (χ0) is 12.4. The van der Waals surface area contributed by atoms with Crippen molar-refractivity contribution in [2.45, 2.75) is 0 Å². The second-order valence-corrected chi connectivity index (χ2v) is 3.34. The molecule has 1 heterocycles. The van der Waals surface area contributed by atoms with Crippen LogP contribution in [-0.4, -0.2) is 24.5 Å². The van der Waals surface area contributed by atoms with Gasteiger partial charge < -0.3 is 24.8 Å². The third-order valence-electron chi connectivity index (χ3n) is 2.29. The molecule has 0 aliphatic rings. The largest absolute Gasteiger partial charge is 0.504 e. The van der Waals surface area contributed by atoms with Gasteiger partial charge in [-0.2, -0.15) is 0 Å². The Morgan fingerprint density at radius 3 is 2.41 bits per heavy atom. The first kappa shape index (κ1) is 11.1. The number of rotatable bonds is 3. The minimum Gasteiger partial charge on any atom is -0.504 e. The first-order valence-electron chi connectivity index (χ1n) is 4.83. The van der Waals surface area contributed by atoms with Crippen molar-refractivity contribution in [3.63, 3.8) is 0 Å². The number of nitrogens with two attached hydrogens (primary N) is 1. The summed E-state index contributed by atoms with van der Waals surface area (Å²) >= 11 is 0. The van der Waals surface area contributed by atoms with Gasteiger partial charge in [-0.25, -0.2) is 0 Å². The zero-order valence-corrected chi connectivity index (χ0v) is 9.43. The van der Waals surface area contributed by atoms with Crippen LogP contribution in [0.4, 0.5) is 5.82 Å². The summed E-state index contributed by atoms with van der Waals surface area (Å²) in [5.41, 5.74) is 6.02. The highest BCUT2D eigenvalue weighted by atomic mass is 16.5. The topological polar surface area (TPSA) is 90.7 Å². The van der Waals surface area contributed by atoms with Gasteiger partial charge in [-0.15, -0.1) is 0 Å². The first-order valence-corrected chi connectivity index (χ1v) is 4.83. The molecule has 3 N–H and O–H groups in total. The molecule has 0 unspecified atom stereocenters. The van der Waals surface area contributed by atoms with Gasteiger partial charge in [0.15, 0.2) is 23.1 Å². The molecule has 2 aromatic rings. The van der Waals surface area contributed by atoms with Gasteiger partial charge in [0.2, 0.25) is 0 Å². The number of anilines is 1. The van der Waals surface area contributed by atoms with Gasteiger partial charge in [0.05, 0.1) is 19.8 Å². The molecule has 1 aromatic heterocycles. The maximum Gasteiger partial charge on any atom is 0.172 e. The molecule has 0 radical (unpaired) electrons. The fourth-order valence-corrected chi connectivity index (χ4v) is 1.49. The Kier molecular flexibility index (Phi) is 2.78. The molecule has 0 saturated carbocycles. The number of nitrogen functional groups attached to an aromatic ring is 1. The van der Waals surface area contributed by atoms with Crippen LogP contribution in [0.3, 0.4) is 0 Å². The van der Waals surface area contributed by atoms with Crippen LogP contribution in [0.2, 0.25) is 0 Å². The second-order valence-electron chi connectivity index (χ2n) is 3.34. The van der Waals surface area contributed by atoms with Crippen LogP contribution >= 0.6 is 0 Å². The van der Waals surface area contributed by atoms with Gasteiger partial charge in [0.1, 0.15) is 5.75 Å². The Balaban J connectivity index is 2.57. The summed E-state index contributed by atoms with van der Waals surface area (Å²) in [5.74, 6) is 1.47. The summed E-state index contributed by atoms with van der Waals surface area (Å²) in [4.78, 5) is 0. The molecule has 1 aromatic carbocycles. The Morgan fingerprint density at radius 2 is 1.88 bits per heavy atom. The van der Waals surface area contributed by atoms with Crippen LogP contribution in [0.5, 0.6) is 17.2 Å². The zero-order valence-electron chi connectivity index (χ0n) is 9.43. The summed E-state index contributed by atoms with van der Waals surface area (Å²) in [6.07, 6.45) is 0. The Labute approximate surface area is 97.5 Å². The van der Waals surface area contributed by atoms with Crippen LogP contribution < -0.4 is 15.2 Å². The van der Waals surface area contributed by atoms with Crippen molar-refractivity contribution in [1.29, 1.82) is 0 Å². The van der Waals surface area contributed by atoms with Crippen molar-refractivity contribution >= 4 is 5.82 Å². The molecular formula is C11H12N2O4. The molecule has 17 heavy (non-hydrogen) atoms. The summed E-state index contributed by atoms with van der Waals surface area (Å²) in [7, 11) is 2.97. The number of aromatic nitrogens is 1. The van der Waals surface area contributed by atoms with Gasteiger partial charge in [0.25, 0.3) is 0 Å². The van der Waals surface area contributed by atoms with Crippen molar-refractivity contribution in [2.75, 3.05) is 20.0 Å². The molecule has 2 rings (SSSR count). The number of methoxy groups -OCH3 is 2. The van der Waals surface area contributed by atoms with Crippen LogP contribution in [0.25, 0.3) is 11.3 Å². The van der Waals surface area contributed by atoms with E-state index < -0.39 is 0 Å². The normalized spacial score (nSPS) is 10.2. The molecule has 0 bridgehead atoms. The smallest absolute Gasteiger partial charge is 0.172 e. The monoisotopic (exact) mass is 236 g/mol. The quantitative estimate of drug-likeness (QED) is 0.841. The van der Waals surface area contributed by atoms with Crippen LogP contribution in [0.1, 0.15) is 0 Å². The predicted molar refractivity (Wildman–Crippen MR) is 61.1 cm³/mol. The lowest BCUT2D eigenvalue weighted by molar-refractivity contribution is 0.363. The van der Waals surface area contributed by atoms with Gasteiger partial charge in [-0.1, -0.05) is 5.16 Å². The van der Waals surface area contributed by atoms with E-state index in [4.69, 9.17) is 19.7 Å². The molecule has 0 aliphatic carbocycles. The molecule has 0 amide bonds. The van der Waals surface area contributed by atoms with Crippen molar-refractivity contribution in [3.8, 4) is 28.6 Å².